The molecule has 4 unspecified atom stereocenters. The fourth-order valence-corrected chi connectivity index (χ4v) is 3.80. The Morgan fingerprint density at radius 2 is 2.18 bits per heavy atom. The first-order valence-corrected chi connectivity index (χ1v) is 6.75. The molecule has 0 aliphatic heterocycles. The van der Waals surface area contributed by atoms with Crippen LogP contribution in [0.5, 0.6) is 0 Å². The van der Waals surface area contributed by atoms with Gasteiger partial charge in [0.15, 0.2) is 6.29 Å². The average Bonchev–Trinajstić information content (AvgIpc) is 3.16. The van der Waals surface area contributed by atoms with Gasteiger partial charge in [-0.3, -0.25) is 4.79 Å². The van der Waals surface area contributed by atoms with Crippen LogP contribution in [0.25, 0.3) is 0 Å². The third-order valence-corrected chi connectivity index (χ3v) is 5.12. The zero-order valence-corrected chi connectivity index (χ0v) is 10.4. The number of hydrogen-bond donors (Lipinski definition) is 1. The molecule has 17 heavy (non-hydrogen) atoms. The van der Waals surface area contributed by atoms with Crippen molar-refractivity contribution in [2.24, 2.45) is 17.8 Å². The Bertz CT molecular complexity index is 491. The summed E-state index contributed by atoms with van der Waals surface area (Å²) in [5, 5.41) is 9.14. The van der Waals surface area contributed by atoms with Crippen molar-refractivity contribution < 1.29 is 14.7 Å². The van der Waals surface area contributed by atoms with Crippen molar-refractivity contribution in [2.45, 2.75) is 25.7 Å². The zero-order chi connectivity index (χ0) is 12.2. The first-order valence-electron chi connectivity index (χ1n) is 5.94. The van der Waals surface area contributed by atoms with Gasteiger partial charge in [0.1, 0.15) is 4.88 Å². The molecule has 2 fully saturated rings. The molecule has 1 N–H and O–H groups in total. The van der Waals surface area contributed by atoms with Crippen LogP contribution in [0.3, 0.4) is 0 Å². The number of carbonyl (C=O) groups is 2. The predicted molar refractivity (Wildman–Crippen MR) is 64.8 cm³/mol. The summed E-state index contributed by atoms with van der Waals surface area (Å²) in [6.07, 6.45) is 3.14. The molecule has 0 saturated heterocycles. The third-order valence-electron chi connectivity index (χ3n) is 4.05. The second-order valence-corrected chi connectivity index (χ2v) is 6.32. The van der Waals surface area contributed by atoms with Gasteiger partial charge in [-0.1, -0.05) is 6.92 Å². The molecule has 1 heterocycles. The van der Waals surface area contributed by atoms with E-state index in [1.807, 2.05) is 0 Å². The number of carbonyl (C=O) groups excluding carboxylic acids is 1. The predicted octanol–water partition coefficient (Wildman–Crippen LogP) is 3.02. The summed E-state index contributed by atoms with van der Waals surface area (Å²) in [5.41, 5.74) is 0.897. The van der Waals surface area contributed by atoms with Crippen molar-refractivity contribution in [3.05, 3.63) is 21.4 Å². The van der Waals surface area contributed by atoms with Gasteiger partial charge in [-0.05, 0) is 48.1 Å². The Labute approximate surface area is 103 Å². The van der Waals surface area contributed by atoms with Gasteiger partial charge in [0.05, 0.1) is 4.88 Å². The zero-order valence-electron chi connectivity index (χ0n) is 9.55. The summed E-state index contributed by atoms with van der Waals surface area (Å²) in [5.74, 6) is 1.76. The fourth-order valence-electron chi connectivity index (χ4n) is 2.92. The Morgan fingerprint density at radius 3 is 2.71 bits per heavy atom. The second kappa shape index (κ2) is 3.67. The molecule has 0 bridgehead atoms. The van der Waals surface area contributed by atoms with Crippen LogP contribution < -0.4 is 0 Å². The Morgan fingerprint density at radius 1 is 1.47 bits per heavy atom. The molecule has 4 atom stereocenters. The van der Waals surface area contributed by atoms with Gasteiger partial charge in [-0.15, -0.1) is 11.3 Å². The van der Waals surface area contributed by atoms with Crippen LogP contribution in [0, 0.1) is 17.8 Å². The van der Waals surface area contributed by atoms with Crippen LogP contribution >= 0.6 is 11.3 Å². The number of rotatable bonds is 4. The Balaban J connectivity index is 1.85. The van der Waals surface area contributed by atoms with E-state index in [2.05, 4.69) is 6.92 Å². The maximum Gasteiger partial charge on any atom is 0.346 e. The van der Waals surface area contributed by atoms with Crippen molar-refractivity contribution in [2.75, 3.05) is 0 Å². The molecule has 2 saturated carbocycles. The molecule has 2 aliphatic rings. The van der Waals surface area contributed by atoms with Gasteiger partial charge >= 0.3 is 5.97 Å². The van der Waals surface area contributed by atoms with Crippen LogP contribution in [0.15, 0.2) is 6.07 Å². The Kier molecular flexibility index (Phi) is 2.36. The monoisotopic (exact) mass is 250 g/mol. The standard InChI is InChI=1S/C13H14O3S/c1-6-2-8(6)9-4-10(9)11-3-7(5-14)17-12(11)13(15)16/h3,5-6,8-10H,2,4H2,1H3,(H,15,16). The quantitative estimate of drug-likeness (QED) is 0.836. The van der Waals surface area contributed by atoms with E-state index in [4.69, 9.17) is 5.11 Å². The molecule has 1 aromatic rings. The van der Waals surface area contributed by atoms with Gasteiger partial charge < -0.3 is 5.11 Å². The highest BCUT2D eigenvalue weighted by molar-refractivity contribution is 7.15. The van der Waals surface area contributed by atoms with Gasteiger partial charge in [0.2, 0.25) is 0 Å². The summed E-state index contributed by atoms with van der Waals surface area (Å²) in [4.78, 5) is 22.8. The minimum absolute atomic E-state index is 0.368. The van der Waals surface area contributed by atoms with Crippen molar-refractivity contribution in [3.63, 3.8) is 0 Å². The maximum atomic E-state index is 11.1. The lowest BCUT2D eigenvalue weighted by Crippen LogP contribution is -1.97. The highest BCUT2D eigenvalue weighted by Crippen LogP contribution is 2.62. The summed E-state index contributed by atoms with van der Waals surface area (Å²) in [6.45, 7) is 2.25. The molecule has 0 spiro atoms. The van der Waals surface area contributed by atoms with Gasteiger partial charge in [0.25, 0.3) is 0 Å². The van der Waals surface area contributed by atoms with E-state index in [0.717, 1.165) is 41.4 Å². The molecule has 90 valence electrons. The molecule has 2 aliphatic carbocycles. The van der Waals surface area contributed by atoms with Crippen LogP contribution in [0.4, 0.5) is 0 Å². The maximum absolute atomic E-state index is 11.1. The minimum atomic E-state index is -0.896. The molecule has 1 aromatic heterocycles. The van der Waals surface area contributed by atoms with Gasteiger partial charge in [0, 0.05) is 0 Å². The molecule has 0 radical (unpaired) electrons. The van der Waals surface area contributed by atoms with Crippen LogP contribution in [-0.2, 0) is 0 Å². The average molecular weight is 250 g/mol. The third kappa shape index (κ3) is 1.80. The molecule has 4 heteroatoms. The summed E-state index contributed by atoms with van der Waals surface area (Å²) in [6, 6.07) is 1.78. The van der Waals surface area contributed by atoms with E-state index in [9.17, 15) is 9.59 Å². The number of carboxylic acid groups (broad SMARTS) is 1. The van der Waals surface area contributed by atoms with Crippen LogP contribution in [0.1, 0.15) is 50.6 Å². The van der Waals surface area contributed by atoms with E-state index in [1.54, 1.807) is 6.07 Å². The Hall–Kier alpha value is -1.16. The highest BCUT2D eigenvalue weighted by atomic mass is 32.1. The molecule has 3 rings (SSSR count). The summed E-state index contributed by atoms with van der Waals surface area (Å²) in [7, 11) is 0. The molecule has 3 nitrogen and oxygen atoms in total. The van der Waals surface area contributed by atoms with E-state index >= 15 is 0 Å². The normalized spacial score (nSPS) is 34.4. The molecular formula is C13H14O3S. The minimum Gasteiger partial charge on any atom is -0.477 e. The van der Waals surface area contributed by atoms with E-state index in [-0.39, 0.29) is 0 Å². The van der Waals surface area contributed by atoms with E-state index < -0.39 is 5.97 Å². The SMILES string of the molecule is CC1CC1C1CC1c1cc(C=O)sc1C(=O)O. The first-order chi connectivity index (χ1) is 8.11. The van der Waals surface area contributed by atoms with Gasteiger partial charge in [-0.2, -0.15) is 0 Å². The second-order valence-electron chi connectivity index (χ2n) is 5.24. The lowest BCUT2D eigenvalue weighted by molar-refractivity contribution is 0.0701. The van der Waals surface area contributed by atoms with Gasteiger partial charge in [-0.25, -0.2) is 4.79 Å². The highest BCUT2D eigenvalue weighted by Gasteiger charge is 2.53. The lowest BCUT2D eigenvalue weighted by Gasteiger charge is -1.98. The number of aromatic carboxylic acids is 1. The topological polar surface area (TPSA) is 54.4 Å². The molecular weight excluding hydrogens is 236 g/mol. The van der Waals surface area contributed by atoms with Crippen molar-refractivity contribution >= 4 is 23.6 Å². The first kappa shape index (κ1) is 11.0. The van der Waals surface area contributed by atoms with E-state index in [0.29, 0.717) is 21.6 Å². The largest absolute Gasteiger partial charge is 0.477 e. The number of hydrogen-bond acceptors (Lipinski definition) is 3. The van der Waals surface area contributed by atoms with Crippen LogP contribution in [-0.4, -0.2) is 17.4 Å². The summed E-state index contributed by atoms with van der Waals surface area (Å²) >= 11 is 1.10. The fraction of sp³-hybridized carbons (Fsp3) is 0.538. The number of carboxylic acids is 1. The van der Waals surface area contributed by atoms with Crippen LogP contribution in [0.2, 0.25) is 0 Å². The van der Waals surface area contributed by atoms with E-state index in [1.165, 1.54) is 6.42 Å². The number of aldehydes is 1. The lowest BCUT2D eigenvalue weighted by atomic mass is 10.1. The van der Waals surface area contributed by atoms with Crippen molar-refractivity contribution in [1.82, 2.24) is 0 Å². The summed E-state index contributed by atoms with van der Waals surface area (Å²) < 4.78 is 0. The smallest absolute Gasteiger partial charge is 0.346 e. The number of thiophene rings is 1. The van der Waals surface area contributed by atoms with Crippen molar-refractivity contribution in [3.8, 4) is 0 Å². The molecule has 0 amide bonds. The van der Waals surface area contributed by atoms with Crippen molar-refractivity contribution in [1.29, 1.82) is 0 Å². The molecule has 0 aromatic carbocycles.